The van der Waals surface area contributed by atoms with E-state index in [-0.39, 0.29) is 34.0 Å². The van der Waals surface area contributed by atoms with E-state index in [0.29, 0.717) is 0 Å². The number of nitrogens with one attached hydrogen (secondary N) is 4. The van der Waals surface area contributed by atoms with Gasteiger partial charge in [-0.15, -0.1) is 0 Å². The van der Waals surface area contributed by atoms with Gasteiger partial charge in [-0.2, -0.15) is 0 Å². The van der Waals surface area contributed by atoms with Crippen LogP contribution >= 0.6 is 0 Å². The maximum Gasteiger partial charge on any atom is 0.209 e. The second-order valence-electron chi connectivity index (χ2n) is 9.02. The van der Waals surface area contributed by atoms with Crippen LogP contribution in [0.15, 0.2) is 33.7 Å². The molecule has 4 rings (SSSR count). The number of rotatable bonds is 4. The molecular weight excluding hydrogens is 540 g/mol. The van der Waals surface area contributed by atoms with Crippen molar-refractivity contribution in [3.8, 4) is 0 Å². The molecular formula is C27H34Br2N4. The fraction of sp³-hybridized carbons (Fsp3) is 0.333. The van der Waals surface area contributed by atoms with E-state index >= 15 is 0 Å². The first-order valence-electron chi connectivity index (χ1n) is 11.0. The molecule has 0 aromatic carbocycles. The lowest BCUT2D eigenvalue weighted by molar-refractivity contribution is -0.381. The highest BCUT2D eigenvalue weighted by Gasteiger charge is 2.20. The van der Waals surface area contributed by atoms with Crippen molar-refractivity contribution in [2.75, 3.05) is 0 Å². The maximum atomic E-state index is 3.69. The highest BCUT2D eigenvalue weighted by molar-refractivity contribution is 5.80. The predicted molar refractivity (Wildman–Crippen MR) is 130 cm³/mol. The quantitative estimate of drug-likeness (QED) is 0.299. The van der Waals surface area contributed by atoms with E-state index in [4.69, 9.17) is 0 Å². The summed E-state index contributed by atoms with van der Waals surface area (Å²) >= 11 is 0. The summed E-state index contributed by atoms with van der Waals surface area (Å²) < 4.78 is 0. The van der Waals surface area contributed by atoms with Crippen LogP contribution in [0.25, 0.3) is 12.2 Å². The molecule has 0 fully saturated rings. The molecule has 6 heteroatoms. The van der Waals surface area contributed by atoms with Gasteiger partial charge in [0, 0.05) is 63.6 Å². The number of allylic oxidation sites excluding steroid dienone is 4. The van der Waals surface area contributed by atoms with Crippen molar-refractivity contribution in [3.05, 3.63) is 78.7 Å². The lowest BCUT2D eigenvalue weighted by Crippen LogP contribution is -3.00. The summed E-state index contributed by atoms with van der Waals surface area (Å²) in [6.07, 6.45) is 9.48. The van der Waals surface area contributed by atoms with Crippen LogP contribution in [0.1, 0.15) is 72.7 Å². The Kier molecular flexibility index (Phi) is 8.52. The van der Waals surface area contributed by atoms with E-state index in [1.165, 1.54) is 78.7 Å². The Bertz CT molecular complexity index is 1180. The summed E-state index contributed by atoms with van der Waals surface area (Å²) in [7, 11) is 0. The van der Waals surface area contributed by atoms with Crippen molar-refractivity contribution in [3.63, 3.8) is 0 Å². The summed E-state index contributed by atoms with van der Waals surface area (Å²) in [6.45, 7) is 17.5. The van der Waals surface area contributed by atoms with Crippen LogP contribution in [0.2, 0.25) is 0 Å². The van der Waals surface area contributed by atoms with Gasteiger partial charge in [0.15, 0.2) is 12.4 Å². The Morgan fingerprint density at radius 2 is 0.970 bits per heavy atom. The Balaban J connectivity index is 0.00000193. The summed E-state index contributed by atoms with van der Waals surface area (Å²) in [6, 6.07) is 0. The van der Waals surface area contributed by atoms with Crippen LogP contribution in [-0.2, 0) is 6.42 Å². The Labute approximate surface area is 218 Å². The number of hydrogen-bond acceptors (Lipinski definition) is 0. The zero-order valence-corrected chi connectivity index (χ0v) is 23.9. The van der Waals surface area contributed by atoms with E-state index < -0.39 is 0 Å². The highest BCUT2D eigenvalue weighted by atomic mass is 79.9. The van der Waals surface area contributed by atoms with Crippen LogP contribution in [-0.4, -0.2) is 22.4 Å². The lowest BCUT2D eigenvalue weighted by atomic mass is 10.0. The van der Waals surface area contributed by atoms with Gasteiger partial charge in [-0.1, -0.05) is 0 Å². The van der Waals surface area contributed by atoms with Gasteiger partial charge in [0.25, 0.3) is 0 Å². The monoisotopic (exact) mass is 572 g/mol. The minimum atomic E-state index is 0. The second kappa shape index (κ2) is 10.4. The molecule has 2 aliphatic rings. The van der Waals surface area contributed by atoms with Crippen molar-refractivity contribution in [1.82, 2.24) is 9.97 Å². The van der Waals surface area contributed by atoms with Crippen molar-refractivity contribution >= 4 is 24.6 Å². The van der Waals surface area contributed by atoms with E-state index in [0.717, 1.165) is 6.42 Å². The smallest absolute Gasteiger partial charge is 0.209 e. The average molecular weight is 574 g/mol. The van der Waals surface area contributed by atoms with E-state index in [9.17, 15) is 0 Å². The van der Waals surface area contributed by atoms with Gasteiger partial charge < -0.3 is 43.9 Å². The molecule has 2 aliphatic heterocycles. The second-order valence-corrected chi connectivity index (χ2v) is 9.02. The standard InChI is InChI=1S/C27H32N4.2BrH/c1-14-12-28-22(16(14)3)9-24-18(5)20(7)26(30-24)11-27-21(8)19(6)25(31-27)10-23-17(4)15(2)13-29-23;;/h9-10,12-13,30-31H,11H2,1-8H3;2*1H. The number of H-pyrrole nitrogens is 2. The first-order valence-corrected chi connectivity index (χ1v) is 11.0. The third-order valence-electron chi connectivity index (χ3n) is 7.22. The van der Waals surface area contributed by atoms with Gasteiger partial charge >= 0.3 is 0 Å². The van der Waals surface area contributed by atoms with Crippen molar-refractivity contribution < 1.29 is 43.9 Å². The van der Waals surface area contributed by atoms with Gasteiger partial charge in [0.1, 0.15) is 0 Å². The normalized spacial score (nSPS) is 17.6. The van der Waals surface area contributed by atoms with Gasteiger partial charge in [0.05, 0.1) is 0 Å². The average Bonchev–Trinajstić information content (AvgIpc) is 3.40. The fourth-order valence-electron chi connectivity index (χ4n) is 4.19. The Morgan fingerprint density at radius 1 is 0.606 bits per heavy atom. The molecule has 0 bridgehead atoms. The Morgan fingerprint density at radius 3 is 1.27 bits per heavy atom. The number of aromatic amines is 2. The van der Waals surface area contributed by atoms with Crippen LogP contribution in [0.3, 0.4) is 0 Å². The topological polar surface area (TPSA) is 59.5 Å². The van der Waals surface area contributed by atoms with Crippen LogP contribution in [0, 0.1) is 27.7 Å². The fourth-order valence-corrected chi connectivity index (χ4v) is 4.19. The molecule has 0 saturated carbocycles. The summed E-state index contributed by atoms with van der Waals surface area (Å²) in [5, 5.41) is 0. The van der Waals surface area contributed by atoms with Gasteiger partial charge in [-0.25, -0.2) is 9.98 Å². The molecule has 0 atom stereocenters. The summed E-state index contributed by atoms with van der Waals surface area (Å²) in [4.78, 5) is 14.2. The third-order valence-corrected chi connectivity index (χ3v) is 7.22. The number of hydrogen-bond donors (Lipinski definition) is 4. The molecule has 4 N–H and O–H groups in total. The van der Waals surface area contributed by atoms with Crippen LogP contribution < -0.4 is 43.9 Å². The Hall–Kier alpha value is -2.18. The first-order chi connectivity index (χ1) is 14.7. The summed E-state index contributed by atoms with van der Waals surface area (Å²) in [5.41, 5.74) is 17.7. The molecule has 0 amide bonds. The zero-order valence-electron chi connectivity index (χ0n) is 20.8. The molecule has 2 aromatic rings. The van der Waals surface area contributed by atoms with Crippen molar-refractivity contribution in [1.29, 1.82) is 0 Å². The molecule has 4 heterocycles. The molecule has 0 saturated heterocycles. The van der Waals surface area contributed by atoms with E-state index in [1.54, 1.807) is 0 Å². The minimum absolute atomic E-state index is 0. The van der Waals surface area contributed by atoms with Crippen molar-refractivity contribution in [2.45, 2.75) is 61.8 Å². The predicted octanol–water partition coefficient (Wildman–Crippen LogP) is -3.14. The molecule has 4 nitrogen and oxygen atoms in total. The SMILES string of the molecule is CC1=C(C)C(=Cc2[nH]c(Cc3[nH]c(C=C4[NH+]=CC(C)=C4C)c(C)c3C)c(C)c2C)[NH+]=C1.[Br-].[Br-]. The summed E-state index contributed by atoms with van der Waals surface area (Å²) in [5.74, 6) is 0. The van der Waals surface area contributed by atoms with Crippen LogP contribution in [0.4, 0.5) is 0 Å². The molecule has 0 spiro atoms. The molecule has 0 radical (unpaired) electrons. The van der Waals surface area contributed by atoms with Gasteiger partial charge in [-0.05, 0) is 77.6 Å². The highest BCUT2D eigenvalue weighted by Crippen LogP contribution is 2.27. The largest absolute Gasteiger partial charge is 1.00 e. The zero-order chi connectivity index (χ0) is 22.4. The molecule has 33 heavy (non-hydrogen) atoms. The third kappa shape index (κ3) is 5.02. The van der Waals surface area contributed by atoms with Crippen molar-refractivity contribution in [2.24, 2.45) is 0 Å². The minimum Gasteiger partial charge on any atom is -1.00 e. The van der Waals surface area contributed by atoms with E-state index in [2.05, 4.69) is 99.9 Å². The van der Waals surface area contributed by atoms with E-state index in [1.807, 2.05) is 0 Å². The van der Waals surface area contributed by atoms with Gasteiger partial charge in [0.2, 0.25) is 11.4 Å². The lowest BCUT2D eigenvalue weighted by Gasteiger charge is -2.01. The van der Waals surface area contributed by atoms with Crippen LogP contribution in [0.5, 0.6) is 0 Å². The molecule has 0 aliphatic carbocycles. The molecule has 0 unspecified atom stereocenters. The maximum absolute atomic E-state index is 3.69. The molecule has 2 aromatic heterocycles. The number of aromatic nitrogens is 2. The van der Waals surface area contributed by atoms with Gasteiger partial charge in [-0.3, -0.25) is 0 Å². The molecule has 176 valence electrons. The first kappa shape index (κ1) is 27.1. The number of halogens is 2.